The Hall–Kier alpha value is -2.82. The Balaban J connectivity index is 1.78. The molecule has 3 rings (SSSR count). The molecule has 2 aromatic rings. The number of carbonyl (C=O) groups excluding carboxylic acids is 2. The number of carbonyl (C=O) groups is 2. The van der Waals surface area contributed by atoms with E-state index in [1.807, 2.05) is 49.4 Å². The number of methoxy groups -OCH3 is 1. The zero-order chi connectivity index (χ0) is 16.4. The monoisotopic (exact) mass is 310 g/mol. The fourth-order valence-corrected chi connectivity index (χ4v) is 2.67. The van der Waals surface area contributed by atoms with E-state index in [4.69, 9.17) is 4.74 Å². The average Bonchev–Trinajstić information content (AvgIpc) is 2.82. The molecule has 1 atom stereocenters. The van der Waals surface area contributed by atoms with Crippen LogP contribution in [0, 0.1) is 6.92 Å². The van der Waals surface area contributed by atoms with E-state index in [0.29, 0.717) is 5.69 Å². The molecule has 0 radical (unpaired) electrons. The van der Waals surface area contributed by atoms with Crippen LogP contribution in [0.4, 0.5) is 11.4 Å². The first-order valence-corrected chi connectivity index (χ1v) is 7.42. The largest absolute Gasteiger partial charge is 0.497 e. The predicted octanol–water partition coefficient (Wildman–Crippen LogP) is 2.75. The lowest BCUT2D eigenvalue weighted by Gasteiger charge is -2.16. The number of ether oxygens (including phenoxy) is 1. The summed E-state index contributed by atoms with van der Waals surface area (Å²) in [7, 11) is 1.60. The van der Waals surface area contributed by atoms with Crippen LogP contribution in [-0.2, 0) is 9.59 Å². The van der Waals surface area contributed by atoms with Crippen LogP contribution in [0.5, 0.6) is 5.75 Å². The normalized spacial score (nSPS) is 17.5. The minimum Gasteiger partial charge on any atom is -0.497 e. The second-order valence-electron chi connectivity index (χ2n) is 5.54. The van der Waals surface area contributed by atoms with Crippen molar-refractivity contribution in [1.82, 2.24) is 0 Å². The van der Waals surface area contributed by atoms with Crippen molar-refractivity contribution in [3.63, 3.8) is 0 Å². The van der Waals surface area contributed by atoms with Crippen molar-refractivity contribution < 1.29 is 14.3 Å². The van der Waals surface area contributed by atoms with E-state index in [1.165, 1.54) is 4.90 Å². The van der Waals surface area contributed by atoms with Gasteiger partial charge in [0.2, 0.25) is 5.91 Å². The molecule has 1 saturated heterocycles. The molecular formula is C18H18N2O3. The van der Waals surface area contributed by atoms with Crippen LogP contribution < -0.4 is 15.0 Å². The van der Waals surface area contributed by atoms with Crippen LogP contribution in [0.1, 0.15) is 12.0 Å². The highest BCUT2D eigenvalue weighted by molar-refractivity contribution is 6.23. The average molecular weight is 310 g/mol. The SMILES string of the molecule is COc1ccc(N[C@H]2CC(=O)N(c3cccc(C)c3)C2=O)cc1. The first-order chi connectivity index (χ1) is 11.1. The van der Waals surface area contributed by atoms with E-state index >= 15 is 0 Å². The molecule has 23 heavy (non-hydrogen) atoms. The minimum absolute atomic E-state index is 0.152. The fourth-order valence-electron chi connectivity index (χ4n) is 2.67. The molecule has 118 valence electrons. The summed E-state index contributed by atoms with van der Waals surface area (Å²) in [6.45, 7) is 1.93. The Kier molecular flexibility index (Phi) is 4.02. The number of hydrogen-bond acceptors (Lipinski definition) is 4. The number of amides is 2. The van der Waals surface area contributed by atoms with Crippen LogP contribution in [0.25, 0.3) is 0 Å². The predicted molar refractivity (Wildman–Crippen MR) is 88.7 cm³/mol. The summed E-state index contributed by atoms with van der Waals surface area (Å²) in [5, 5.41) is 3.12. The Labute approximate surface area is 134 Å². The molecular weight excluding hydrogens is 292 g/mol. The summed E-state index contributed by atoms with van der Waals surface area (Å²) in [6.07, 6.45) is 0.152. The molecule has 1 aliphatic heterocycles. The standard InChI is InChI=1S/C18H18N2O3/c1-12-4-3-5-14(10-12)20-17(21)11-16(18(20)22)19-13-6-8-15(23-2)9-7-13/h3-10,16,19H,11H2,1-2H3/t16-/m0/s1. The Morgan fingerprint density at radius 3 is 2.52 bits per heavy atom. The van der Waals surface area contributed by atoms with Gasteiger partial charge in [0.15, 0.2) is 0 Å². The van der Waals surface area contributed by atoms with E-state index in [0.717, 1.165) is 17.0 Å². The fraction of sp³-hybridized carbons (Fsp3) is 0.222. The van der Waals surface area contributed by atoms with Crippen molar-refractivity contribution >= 4 is 23.2 Å². The number of nitrogens with one attached hydrogen (secondary N) is 1. The van der Waals surface area contributed by atoms with Gasteiger partial charge < -0.3 is 10.1 Å². The van der Waals surface area contributed by atoms with Gasteiger partial charge in [-0.25, -0.2) is 4.90 Å². The van der Waals surface area contributed by atoms with Crippen molar-refractivity contribution in [2.75, 3.05) is 17.3 Å². The van der Waals surface area contributed by atoms with E-state index in [9.17, 15) is 9.59 Å². The molecule has 5 heteroatoms. The lowest BCUT2D eigenvalue weighted by molar-refractivity contribution is -0.121. The first kappa shape index (κ1) is 15.1. The van der Waals surface area contributed by atoms with Gasteiger partial charge in [0, 0.05) is 5.69 Å². The quantitative estimate of drug-likeness (QED) is 0.882. The third-order valence-electron chi connectivity index (χ3n) is 3.84. The number of imide groups is 1. The second kappa shape index (κ2) is 6.12. The van der Waals surface area contributed by atoms with E-state index in [2.05, 4.69) is 5.32 Å². The number of hydrogen-bond donors (Lipinski definition) is 1. The Morgan fingerprint density at radius 1 is 1.13 bits per heavy atom. The van der Waals surface area contributed by atoms with Crippen molar-refractivity contribution in [2.45, 2.75) is 19.4 Å². The zero-order valence-corrected chi connectivity index (χ0v) is 13.1. The molecule has 1 N–H and O–H groups in total. The maximum absolute atomic E-state index is 12.6. The van der Waals surface area contributed by atoms with Gasteiger partial charge >= 0.3 is 0 Å². The highest BCUT2D eigenvalue weighted by atomic mass is 16.5. The highest BCUT2D eigenvalue weighted by Gasteiger charge is 2.39. The Morgan fingerprint density at radius 2 is 1.87 bits per heavy atom. The summed E-state index contributed by atoms with van der Waals surface area (Å²) in [4.78, 5) is 26.1. The van der Waals surface area contributed by atoms with Crippen LogP contribution >= 0.6 is 0 Å². The van der Waals surface area contributed by atoms with Gasteiger partial charge in [-0.15, -0.1) is 0 Å². The van der Waals surface area contributed by atoms with E-state index in [-0.39, 0.29) is 18.2 Å². The lowest BCUT2D eigenvalue weighted by Crippen LogP contribution is -2.34. The van der Waals surface area contributed by atoms with Crippen molar-refractivity contribution in [3.8, 4) is 5.75 Å². The summed E-state index contributed by atoms with van der Waals surface area (Å²) in [5.74, 6) is 0.328. The minimum atomic E-state index is -0.545. The van der Waals surface area contributed by atoms with Gasteiger partial charge in [-0.05, 0) is 48.9 Å². The van der Waals surface area contributed by atoms with Crippen LogP contribution in [0.15, 0.2) is 48.5 Å². The molecule has 2 amide bonds. The third-order valence-corrected chi connectivity index (χ3v) is 3.84. The van der Waals surface area contributed by atoms with Crippen molar-refractivity contribution in [3.05, 3.63) is 54.1 Å². The lowest BCUT2D eigenvalue weighted by atomic mass is 10.2. The van der Waals surface area contributed by atoms with Crippen LogP contribution in [-0.4, -0.2) is 25.0 Å². The molecule has 0 aromatic heterocycles. The van der Waals surface area contributed by atoms with Crippen molar-refractivity contribution in [2.24, 2.45) is 0 Å². The highest BCUT2D eigenvalue weighted by Crippen LogP contribution is 2.26. The number of benzene rings is 2. The maximum Gasteiger partial charge on any atom is 0.256 e. The smallest absolute Gasteiger partial charge is 0.256 e. The Bertz CT molecular complexity index is 740. The van der Waals surface area contributed by atoms with Crippen molar-refractivity contribution in [1.29, 1.82) is 0 Å². The molecule has 0 bridgehead atoms. The number of aryl methyl sites for hydroxylation is 1. The van der Waals surface area contributed by atoms with Crippen LogP contribution in [0.2, 0.25) is 0 Å². The molecule has 1 heterocycles. The second-order valence-corrected chi connectivity index (χ2v) is 5.54. The molecule has 5 nitrogen and oxygen atoms in total. The summed E-state index contributed by atoms with van der Waals surface area (Å²) < 4.78 is 5.11. The van der Waals surface area contributed by atoms with Gasteiger partial charge in [0.1, 0.15) is 11.8 Å². The van der Waals surface area contributed by atoms with Gasteiger partial charge in [0.25, 0.3) is 5.91 Å². The van der Waals surface area contributed by atoms with E-state index in [1.54, 1.807) is 13.2 Å². The maximum atomic E-state index is 12.6. The first-order valence-electron chi connectivity index (χ1n) is 7.42. The molecule has 1 aliphatic rings. The van der Waals surface area contributed by atoms with Crippen LogP contribution in [0.3, 0.4) is 0 Å². The molecule has 0 unspecified atom stereocenters. The van der Waals surface area contributed by atoms with Gasteiger partial charge in [0.05, 0.1) is 19.2 Å². The van der Waals surface area contributed by atoms with Gasteiger partial charge in [-0.1, -0.05) is 12.1 Å². The molecule has 0 aliphatic carbocycles. The topological polar surface area (TPSA) is 58.6 Å². The zero-order valence-electron chi connectivity index (χ0n) is 13.1. The third kappa shape index (κ3) is 3.04. The van der Waals surface area contributed by atoms with Gasteiger partial charge in [-0.3, -0.25) is 9.59 Å². The molecule has 2 aromatic carbocycles. The number of nitrogens with zero attached hydrogens (tertiary/aromatic N) is 1. The molecule has 1 fully saturated rings. The molecule has 0 spiro atoms. The molecule has 0 saturated carbocycles. The summed E-state index contributed by atoms with van der Waals surface area (Å²) in [6, 6.07) is 14.1. The number of anilines is 2. The van der Waals surface area contributed by atoms with E-state index < -0.39 is 6.04 Å². The number of rotatable bonds is 4. The summed E-state index contributed by atoms with van der Waals surface area (Å²) in [5.41, 5.74) is 2.41. The van der Waals surface area contributed by atoms with Gasteiger partial charge in [-0.2, -0.15) is 0 Å². The summed E-state index contributed by atoms with van der Waals surface area (Å²) >= 11 is 0.